The van der Waals surface area contributed by atoms with Crippen molar-refractivity contribution in [3.8, 4) is 11.5 Å². The molecule has 0 unspecified atom stereocenters. The second-order valence-corrected chi connectivity index (χ2v) is 4.67. The number of benzene rings is 1. The quantitative estimate of drug-likeness (QED) is 0.756. The summed E-state index contributed by atoms with van der Waals surface area (Å²) in [6.07, 6.45) is 1.35. The molecule has 1 amide bonds. The molecule has 1 heterocycles. The fourth-order valence-corrected chi connectivity index (χ4v) is 1.90. The predicted octanol–water partition coefficient (Wildman–Crippen LogP) is 1.11. The van der Waals surface area contributed by atoms with Crippen LogP contribution in [0.4, 0.5) is 5.69 Å². The van der Waals surface area contributed by atoms with Gasteiger partial charge in [0.2, 0.25) is 5.91 Å². The first-order valence-electron chi connectivity index (χ1n) is 7.16. The van der Waals surface area contributed by atoms with Gasteiger partial charge in [-0.05, 0) is 6.92 Å². The summed E-state index contributed by atoms with van der Waals surface area (Å²) in [5.41, 5.74) is 0.564. The molecule has 2 aromatic rings. The fourth-order valence-electron chi connectivity index (χ4n) is 1.90. The van der Waals surface area contributed by atoms with E-state index < -0.39 is 5.97 Å². The summed E-state index contributed by atoms with van der Waals surface area (Å²) in [7, 11) is 3.04. The van der Waals surface area contributed by atoms with E-state index in [9.17, 15) is 9.59 Å². The Labute approximate surface area is 138 Å². The Bertz CT molecular complexity index is 706. The zero-order valence-corrected chi connectivity index (χ0v) is 13.6. The molecule has 1 aromatic heterocycles. The van der Waals surface area contributed by atoms with Gasteiger partial charge in [-0.1, -0.05) is 5.21 Å². The number of rotatable bonds is 7. The lowest BCUT2D eigenvalue weighted by Crippen LogP contribution is -2.19. The van der Waals surface area contributed by atoms with Crippen molar-refractivity contribution in [1.29, 1.82) is 0 Å². The van der Waals surface area contributed by atoms with Gasteiger partial charge in [0.15, 0.2) is 5.69 Å². The van der Waals surface area contributed by atoms with E-state index >= 15 is 0 Å². The Morgan fingerprint density at radius 1 is 1.17 bits per heavy atom. The van der Waals surface area contributed by atoms with E-state index in [4.69, 9.17) is 14.2 Å². The number of nitrogens with one attached hydrogen (secondary N) is 1. The molecular weight excluding hydrogens is 316 g/mol. The first-order chi connectivity index (χ1) is 11.5. The van der Waals surface area contributed by atoms with Gasteiger partial charge in [0.1, 0.15) is 18.0 Å². The van der Waals surface area contributed by atoms with Crippen LogP contribution in [0.1, 0.15) is 17.4 Å². The van der Waals surface area contributed by atoms with Crippen molar-refractivity contribution in [3.63, 3.8) is 0 Å². The molecule has 0 aliphatic carbocycles. The van der Waals surface area contributed by atoms with Crippen molar-refractivity contribution in [2.45, 2.75) is 13.5 Å². The fraction of sp³-hybridized carbons (Fsp3) is 0.333. The first kappa shape index (κ1) is 17.3. The smallest absolute Gasteiger partial charge is 0.360 e. The van der Waals surface area contributed by atoms with Gasteiger partial charge in [-0.2, -0.15) is 0 Å². The molecule has 0 fully saturated rings. The number of ether oxygens (including phenoxy) is 3. The molecule has 128 valence electrons. The van der Waals surface area contributed by atoms with Gasteiger partial charge in [0.25, 0.3) is 0 Å². The minimum Gasteiger partial charge on any atom is -0.497 e. The normalized spacial score (nSPS) is 10.1. The van der Waals surface area contributed by atoms with Crippen LogP contribution >= 0.6 is 0 Å². The van der Waals surface area contributed by atoms with Gasteiger partial charge in [-0.25, -0.2) is 9.48 Å². The van der Waals surface area contributed by atoms with Crippen LogP contribution in [0.2, 0.25) is 0 Å². The molecule has 0 saturated heterocycles. The van der Waals surface area contributed by atoms with Gasteiger partial charge < -0.3 is 19.5 Å². The maximum absolute atomic E-state index is 12.1. The Balaban J connectivity index is 2.02. The van der Waals surface area contributed by atoms with Crippen molar-refractivity contribution < 1.29 is 23.8 Å². The molecule has 9 heteroatoms. The van der Waals surface area contributed by atoms with Crippen molar-refractivity contribution in [3.05, 3.63) is 30.1 Å². The molecule has 1 aromatic carbocycles. The van der Waals surface area contributed by atoms with Gasteiger partial charge in [0.05, 0.1) is 27.0 Å². The Morgan fingerprint density at radius 3 is 2.42 bits per heavy atom. The van der Waals surface area contributed by atoms with E-state index in [1.165, 1.54) is 25.1 Å². The number of nitrogens with zero attached hydrogens (tertiary/aromatic N) is 3. The highest BCUT2D eigenvalue weighted by atomic mass is 16.5. The highest BCUT2D eigenvalue weighted by Crippen LogP contribution is 2.25. The van der Waals surface area contributed by atoms with Crippen molar-refractivity contribution in [2.75, 3.05) is 26.1 Å². The molecule has 0 atom stereocenters. The highest BCUT2D eigenvalue weighted by Gasteiger charge is 2.13. The minimum atomic E-state index is -0.582. The lowest BCUT2D eigenvalue weighted by molar-refractivity contribution is -0.116. The second kappa shape index (κ2) is 7.95. The van der Waals surface area contributed by atoms with E-state index in [-0.39, 0.29) is 24.8 Å². The average Bonchev–Trinajstić information content (AvgIpc) is 3.03. The number of methoxy groups -OCH3 is 2. The predicted molar refractivity (Wildman–Crippen MR) is 84.2 cm³/mol. The summed E-state index contributed by atoms with van der Waals surface area (Å²) in [4.78, 5) is 23.6. The zero-order valence-electron chi connectivity index (χ0n) is 13.6. The van der Waals surface area contributed by atoms with Crippen molar-refractivity contribution in [2.24, 2.45) is 0 Å². The minimum absolute atomic E-state index is 0.0488. The van der Waals surface area contributed by atoms with Crippen LogP contribution in [0.3, 0.4) is 0 Å². The van der Waals surface area contributed by atoms with E-state index in [0.29, 0.717) is 17.2 Å². The molecule has 0 saturated carbocycles. The van der Waals surface area contributed by atoms with Crippen molar-refractivity contribution in [1.82, 2.24) is 15.0 Å². The maximum Gasteiger partial charge on any atom is 0.360 e. The summed E-state index contributed by atoms with van der Waals surface area (Å²) in [6.45, 7) is 1.83. The molecule has 1 N–H and O–H groups in total. The number of hydrogen-bond acceptors (Lipinski definition) is 7. The third-order valence-electron chi connectivity index (χ3n) is 2.96. The summed E-state index contributed by atoms with van der Waals surface area (Å²) >= 11 is 0. The third kappa shape index (κ3) is 4.45. The van der Waals surface area contributed by atoms with Crippen LogP contribution in [0.5, 0.6) is 11.5 Å². The van der Waals surface area contributed by atoms with Crippen molar-refractivity contribution >= 4 is 17.6 Å². The number of esters is 1. The van der Waals surface area contributed by atoms with Crippen LogP contribution in [0, 0.1) is 0 Å². The maximum atomic E-state index is 12.1. The van der Waals surface area contributed by atoms with E-state index in [1.54, 1.807) is 25.1 Å². The summed E-state index contributed by atoms with van der Waals surface area (Å²) in [5, 5.41) is 10.1. The Morgan fingerprint density at radius 2 is 1.83 bits per heavy atom. The molecule has 0 aliphatic rings. The molecular formula is C15H18N4O5. The number of carbonyl (C=O) groups excluding carboxylic acids is 2. The molecule has 0 aliphatic heterocycles. The van der Waals surface area contributed by atoms with E-state index in [1.807, 2.05) is 0 Å². The SMILES string of the molecule is CCOC(=O)c1cn(CC(=O)Nc2cc(OC)cc(OC)c2)nn1. The second-order valence-electron chi connectivity index (χ2n) is 4.67. The van der Waals surface area contributed by atoms with Gasteiger partial charge in [0, 0.05) is 23.9 Å². The largest absolute Gasteiger partial charge is 0.497 e. The highest BCUT2D eigenvalue weighted by molar-refractivity contribution is 5.91. The Hall–Kier alpha value is -3.10. The summed E-state index contributed by atoms with van der Waals surface area (Å²) in [5.74, 6) is 0.178. The molecule has 9 nitrogen and oxygen atoms in total. The van der Waals surface area contributed by atoms with Crippen LogP contribution in [0.25, 0.3) is 0 Å². The number of amides is 1. The summed E-state index contributed by atoms with van der Waals surface area (Å²) in [6, 6.07) is 5.01. The molecule has 2 rings (SSSR count). The number of hydrogen-bond donors (Lipinski definition) is 1. The number of carbonyl (C=O) groups is 2. The summed E-state index contributed by atoms with van der Waals surface area (Å²) < 4.78 is 16.3. The zero-order chi connectivity index (χ0) is 17.5. The average molecular weight is 334 g/mol. The van der Waals surface area contributed by atoms with E-state index in [0.717, 1.165) is 0 Å². The lowest BCUT2D eigenvalue weighted by Gasteiger charge is -2.09. The van der Waals surface area contributed by atoms with Crippen LogP contribution in [-0.4, -0.2) is 47.7 Å². The lowest BCUT2D eigenvalue weighted by atomic mass is 10.2. The number of anilines is 1. The molecule has 0 radical (unpaired) electrons. The molecule has 0 spiro atoms. The van der Waals surface area contributed by atoms with Gasteiger partial charge in [-0.3, -0.25) is 4.79 Å². The van der Waals surface area contributed by atoms with E-state index in [2.05, 4.69) is 15.6 Å². The van der Waals surface area contributed by atoms with Gasteiger partial charge >= 0.3 is 5.97 Å². The Kier molecular flexibility index (Phi) is 5.72. The van der Waals surface area contributed by atoms with Gasteiger partial charge in [-0.15, -0.1) is 5.10 Å². The third-order valence-corrected chi connectivity index (χ3v) is 2.96. The van der Waals surface area contributed by atoms with Crippen LogP contribution in [-0.2, 0) is 16.1 Å². The topological polar surface area (TPSA) is 105 Å². The molecule has 0 bridgehead atoms. The molecule has 24 heavy (non-hydrogen) atoms. The van der Waals surface area contributed by atoms with Crippen LogP contribution in [0.15, 0.2) is 24.4 Å². The van der Waals surface area contributed by atoms with Crippen LogP contribution < -0.4 is 14.8 Å². The monoisotopic (exact) mass is 334 g/mol. The first-order valence-corrected chi connectivity index (χ1v) is 7.16. The standard InChI is InChI=1S/C15H18N4O5/c1-4-24-15(21)13-8-19(18-17-13)9-14(20)16-10-5-11(22-2)7-12(6-10)23-3/h5-8H,4,9H2,1-3H3,(H,16,20). The number of aromatic nitrogens is 3.